The number of alkyl halides is 3. The van der Waals surface area contributed by atoms with Crippen LogP contribution in [0.15, 0.2) is 57.7 Å². The third-order valence-electron chi connectivity index (χ3n) is 5.48. The number of carbonyl (C=O) groups is 2. The van der Waals surface area contributed by atoms with Crippen LogP contribution in [-0.2, 0) is 24.5 Å². The van der Waals surface area contributed by atoms with E-state index in [2.05, 4.69) is 31.3 Å². The number of alkyl carbamates (subject to hydrolysis) is 1. The molecule has 16 heteroatoms. The molecule has 2 aromatic carbocycles. The van der Waals surface area contributed by atoms with E-state index in [0.29, 0.717) is 5.69 Å². The zero-order valence-corrected chi connectivity index (χ0v) is 22.4. The lowest BCUT2D eigenvalue weighted by Gasteiger charge is -2.17. The van der Waals surface area contributed by atoms with Crippen molar-refractivity contribution in [2.75, 3.05) is 6.61 Å². The molecule has 0 aliphatic carbocycles. The van der Waals surface area contributed by atoms with Gasteiger partial charge in [0.15, 0.2) is 16.2 Å². The van der Waals surface area contributed by atoms with Gasteiger partial charge in [-0.05, 0) is 46.3 Å². The van der Waals surface area contributed by atoms with Gasteiger partial charge in [0, 0.05) is 18.8 Å². The molecular formula is C25H19BrF5N5O5. The second-order valence-electron chi connectivity index (χ2n) is 8.39. The van der Waals surface area contributed by atoms with E-state index in [9.17, 15) is 31.5 Å². The largest absolute Gasteiger partial charge is 0.474 e. The third kappa shape index (κ3) is 7.00. The molecule has 0 radical (unpaired) electrons. The van der Waals surface area contributed by atoms with Gasteiger partial charge in [0.1, 0.15) is 23.7 Å². The van der Waals surface area contributed by atoms with Gasteiger partial charge in [0.2, 0.25) is 12.0 Å². The Morgan fingerprint density at radius 2 is 1.85 bits per heavy atom. The number of amides is 2. The highest BCUT2D eigenvalue weighted by Crippen LogP contribution is 2.36. The number of rotatable bonds is 9. The average molecular weight is 644 g/mol. The smallest absolute Gasteiger partial charge is 0.416 e. The molecule has 216 valence electrons. The van der Waals surface area contributed by atoms with E-state index < -0.39 is 59.4 Å². The van der Waals surface area contributed by atoms with E-state index in [-0.39, 0.29) is 28.4 Å². The van der Waals surface area contributed by atoms with Crippen molar-refractivity contribution in [3.63, 3.8) is 0 Å². The second kappa shape index (κ2) is 12.0. The maximum atomic E-state index is 14.9. The molecule has 0 aliphatic heterocycles. The summed E-state index contributed by atoms with van der Waals surface area (Å²) in [6.07, 6.45) is -5.29. The number of primary amides is 1. The molecule has 2 heterocycles. The van der Waals surface area contributed by atoms with Gasteiger partial charge in [-0.3, -0.25) is 9.48 Å². The summed E-state index contributed by atoms with van der Waals surface area (Å²) in [6.45, 7) is -0.613. The molecule has 0 aliphatic rings. The Hall–Kier alpha value is -4.47. The second-order valence-corrected chi connectivity index (χ2v) is 9.11. The SMILES string of the molecule is Cn1ccc(CNC(=O)OCC(Oc2ccc(F)c(C(N)=O)c2F)c2nc(-c3ccc(C(F)(F)F)cc3)c(Br)o2)n1. The predicted molar refractivity (Wildman–Crippen MR) is 134 cm³/mol. The van der Waals surface area contributed by atoms with E-state index in [0.717, 1.165) is 36.4 Å². The molecule has 0 saturated heterocycles. The zero-order chi connectivity index (χ0) is 29.9. The van der Waals surface area contributed by atoms with Gasteiger partial charge < -0.3 is 24.9 Å². The van der Waals surface area contributed by atoms with Crippen LogP contribution in [0.1, 0.15) is 33.6 Å². The van der Waals surface area contributed by atoms with Gasteiger partial charge in [-0.15, -0.1) is 0 Å². The molecule has 0 spiro atoms. The van der Waals surface area contributed by atoms with Crippen molar-refractivity contribution in [1.29, 1.82) is 0 Å². The molecule has 0 saturated carbocycles. The van der Waals surface area contributed by atoms with Crippen LogP contribution >= 0.6 is 15.9 Å². The van der Waals surface area contributed by atoms with E-state index >= 15 is 0 Å². The number of oxazole rings is 1. The summed E-state index contributed by atoms with van der Waals surface area (Å²) in [5, 5.41) is 6.56. The number of hydrogen-bond donors (Lipinski definition) is 2. The molecule has 2 aromatic heterocycles. The highest BCUT2D eigenvalue weighted by molar-refractivity contribution is 9.10. The Labute approximate surface area is 236 Å². The lowest BCUT2D eigenvalue weighted by molar-refractivity contribution is -0.137. The Balaban J connectivity index is 1.60. The van der Waals surface area contributed by atoms with E-state index in [4.69, 9.17) is 19.6 Å². The summed E-state index contributed by atoms with van der Waals surface area (Å²) >= 11 is 3.13. The van der Waals surface area contributed by atoms with Crippen molar-refractivity contribution in [2.45, 2.75) is 18.8 Å². The van der Waals surface area contributed by atoms with Gasteiger partial charge in [0.25, 0.3) is 5.91 Å². The van der Waals surface area contributed by atoms with Crippen molar-refractivity contribution >= 4 is 27.9 Å². The van der Waals surface area contributed by atoms with E-state index in [1.54, 1.807) is 19.3 Å². The van der Waals surface area contributed by atoms with Crippen LogP contribution in [0.4, 0.5) is 26.7 Å². The van der Waals surface area contributed by atoms with Crippen LogP contribution in [0.2, 0.25) is 0 Å². The number of carbonyl (C=O) groups excluding carboxylic acids is 2. The number of nitrogens with one attached hydrogen (secondary N) is 1. The van der Waals surface area contributed by atoms with Gasteiger partial charge in [-0.1, -0.05) is 12.1 Å². The Bertz CT molecular complexity index is 1570. The molecule has 0 fully saturated rings. The normalized spacial score (nSPS) is 12.2. The van der Waals surface area contributed by atoms with Crippen molar-refractivity contribution in [1.82, 2.24) is 20.1 Å². The fraction of sp³-hybridized carbons (Fsp3) is 0.200. The number of aryl methyl sites for hydroxylation is 1. The Morgan fingerprint density at radius 1 is 1.15 bits per heavy atom. The number of nitrogens with zero attached hydrogens (tertiary/aromatic N) is 3. The van der Waals surface area contributed by atoms with Crippen LogP contribution in [0, 0.1) is 11.6 Å². The minimum absolute atomic E-state index is 0.0162. The zero-order valence-electron chi connectivity index (χ0n) is 20.8. The summed E-state index contributed by atoms with van der Waals surface area (Å²) in [4.78, 5) is 28.1. The van der Waals surface area contributed by atoms with Crippen LogP contribution in [0.5, 0.6) is 5.75 Å². The number of hydrogen-bond acceptors (Lipinski definition) is 7. The topological polar surface area (TPSA) is 134 Å². The minimum Gasteiger partial charge on any atom is -0.474 e. The van der Waals surface area contributed by atoms with Gasteiger partial charge in [-0.25, -0.2) is 18.6 Å². The number of ether oxygens (including phenoxy) is 2. The molecule has 3 N–H and O–H groups in total. The summed E-state index contributed by atoms with van der Waals surface area (Å²) in [7, 11) is 1.69. The first-order valence-corrected chi connectivity index (χ1v) is 12.3. The van der Waals surface area contributed by atoms with Crippen molar-refractivity contribution in [3.8, 4) is 17.0 Å². The van der Waals surface area contributed by atoms with Gasteiger partial charge in [0.05, 0.1) is 17.8 Å². The monoisotopic (exact) mass is 643 g/mol. The molecule has 4 aromatic rings. The Morgan fingerprint density at radius 3 is 2.46 bits per heavy atom. The highest BCUT2D eigenvalue weighted by Gasteiger charge is 2.31. The van der Waals surface area contributed by atoms with Crippen LogP contribution in [0.25, 0.3) is 11.3 Å². The quantitative estimate of drug-likeness (QED) is 0.237. The lowest BCUT2D eigenvalue weighted by Crippen LogP contribution is -2.27. The standard InChI is InChI=1S/C25H19BrF5N5O5/c1-36-9-8-14(35-36)10-33-24(38)39-11-17(40-16-7-6-15(27)18(19(16)28)22(32)37)23-34-20(21(26)41-23)12-2-4-13(5-3-12)25(29,30)31/h2-9,17H,10-11H2,1H3,(H2,32,37)(H,33,38). The number of benzene rings is 2. The Kier molecular flexibility index (Phi) is 8.60. The molecule has 4 rings (SSSR count). The third-order valence-corrected chi connectivity index (χ3v) is 6.02. The molecule has 10 nitrogen and oxygen atoms in total. The molecule has 1 unspecified atom stereocenters. The van der Waals surface area contributed by atoms with Crippen LogP contribution < -0.4 is 15.8 Å². The number of nitrogens with two attached hydrogens (primary N) is 1. The van der Waals surface area contributed by atoms with E-state index in [1.807, 2.05) is 0 Å². The van der Waals surface area contributed by atoms with E-state index in [1.165, 1.54) is 4.68 Å². The fourth-order valence-corrected chi connectivity index (χ4v) is 4.02. The van der Waals surface area contributed by atoms with Crippen LogP contribution in [0.3, 0.4) is 0 Å². The van der Waals surface area contributed by atoms with Crippen molar-refractivity contribution in [3.05, 3.63) is 87.7 Å². The first kappa shape index (κ1) is 29.5. The molecule has 2 amide bonds. The summed E-state index contributed by atoms with van der Waals surface area (Å²) < 4.78 is 85.6. The summed E-state index contributed by atoms with van der Waals surface area (Å²) in [5.74, 6) is -4.99. The maximum Gasteiger partial charge on any atom is 0.416 e. The predicted octanol–water partition coefficient (Wildman–Crippen LogP) is 5.28. The van der Waals surface area contributed by atoms with Crippen molar-refractivity contribution < 1.29 is 45.4 Å². The fourth-order valence-electron chi connectivity index (χ4n) is 3.53. The maximum absolute atomic E-state index is 14.9. The molecule has 0 bridgehead atoms. The summed E-state index contributed by atoms with van der Waals surface area (Å²) in [5.41, 5.74) is 3.92. The molecule has 1 atom stereocenters. The van der Waals surface area contributed by atoms with Gasteiger partial charge in [-0.2, -0.15) is 18.3 Å². The van der Waals surface area contributed by atoms with Gasteiger partial charge >= 0.3 is 12.3 Å². The number of aromatic nitrogens is 3. The first-order chi connectivity index (χ1) is 19.3. The molecular weight excluding hydrogens is 625 g/mol. The first-order valence-electron chi connectivity index (χ1n) is 11.5. The number of halogens is 6. The lowest BCUT2D eigenvalue weighted by atomic mass is 10.1. The summed E-state index contributed by atoms with van der Waals surface area (Å²) in [6, 6.07) is 7.29. The van der Waals surface area contributed by atoms with Crippen LogP contribution in [-0.4, -0.2) is 33.4 Å². The average Bonchev–Trinajstić information content (AvgIpc) is 3.50. The highest BCUT2D eigenvalue weighted by atomic mass is 79.9. The molecule has 41 heavy (non-hydrogen) atoms. The minimum atomic E-state index is -4.55. The van der Waals surface area contributed by atoms with Crippen molar-refractivity contribution in [2.24, 2.45) is 12.8 Å².